The summed E-state index contributed by atoms with van der Waals surface area (Å²) in [6.07, 6.45) is 3.21. The monoisotopic (exact) mass is 386 g/mol. The molecule has 7 nitrogen and oxygen atoms in total. The van der Waals surface area contributed by atoms with E-state index in [0.717, 1.165) is 10.9 Å². The molecule has 0 bridgehead atoms. The Bertz CT molecular complexity index is 1150. The van der Waals surface area contributed by atoms with E-state index in [1.165, 1.54) is 0 Å². The van der Waals surface area contributed by atoms with Crippen molar-refractivity contribution in [1.82, 2.24) is 10.3 Å². The van der Waals surface area contributed by atoms with Crippen LogP contribution in [0.1, 0.15) is 26.5 Å². The molecule has 2 heterocycles. The second-order valence-electron chi connectivity index (χ2n) is 6.45. The predicted molar refractivity (Wildman–Crippen MR) is 110 cm³/mol. The molecule has 4 N–H and O–H groups in total. The minimum absolute atomic E-state index is 0.226. The van der Waals surface area contributed by atoms with Crippen LogP contribution in [-0.4, -0.2) is 16.8 Å². The van der Waals surface area contributed by atoms with E-state index >= 15 is 0 Å². The number of hydrogen-bond donors (Lipinski definition) is 3. The van der Waals surface area contributed by atoms with Crippen molar-refractivity contribution in [3.8, 4) is 0 Å². The van der Waals surface area contributed by atoms with Gasteiger partial charge in [-0.05, 0) is 42.0 Å². The highest BCUT2D eigenvalue weighted by atomic mass is 16.3. The van der Waals surface area contributed by atoms with Gasteiger partial charge in [-0.2, -0.15) is 0 Å². The summed E-state index contributed by atoms with van der Waals surface area (Å²) in [5.41, 5.74) is 8.82. The number of benzene rings is 2. The molecule has 4 aromatic rings. The van der Waals surface area contributed by atoms with Gasteiger partial charge in [0.05, 0.1) is 17.6 Å². The van der Waals surface area contributed by atoms with Gasteiger partial charge in [-0.15, -0.1) is 0 Å². The number of nitrogens with two attached hydrogens (primary N) is 1. The van der Waals surface area contributed by atoms with Crippen LogP contribution in [0.25, 0.3) is 11.0 Å². The number of fused-ring (bicyclic) bond motifs is 1. The first kappa shape index (κ1) is 18.2. The third-order valence-electron chi connectivity index (χ3n) is 4.42. The molecule has 7 heteroatoms. The van der Waals surface area contributed by atoms with Gasteiger partial charge < -0.3 is 20.8 Å². The lowest BCUT2D eigenvalue weighted by molar-refractivity contribution is 0.0924. The lowest BCUT2D eigenvalue weighted by Crippen LogP contribution is -2.22. The van der Waals surface area contributed by atoms with Gasteiger partial charge in [0.15, 0.2) is 11.3 Å². The number of nitrogens with one attached hydrogen (secondary N) is 2. The van der Waals surface area contributed by atoms with Crippen LogP contribution in [0.4, 0.5) is 11.4 Å². The zero-order chi connectivity index (χ0) is 20.2. The zero-order valence-corrected chi connectivity index (χ0v) is 15.4. The first-order chi connectivity index (χ1) is 14.1. The minimum Gasteiger partial charge on any atom is -0.449 e. The number of anilines is 2. The van der Waals surface area contributed by atoms with Crippen molar-refractivity contribution in [3.63, 3.8) is 0 Å². The van der Waals surface area contributed by atoms with Crippen LogP contribution in [0.15, 0.2) is 77.5 Å². The van der Waals surface area contributed by atoms with Crippen molar-refractivity contribution in [2.75, 3.05) is 11.1 Å². The Morgan fingerprint density at radius 1 is 1.00 bits per heavy atom. The molecule has 0 saturated carbocycles. The first-order valence-electron chi connectivity index (χ1n) is 8.97. The van der Waals surface area contributed by atoms with E-state index in [2.05, 4.69) is 15.6 Å². The van der Waals surface area contributed by atoms with Gasteiger partial charge in [0.2, 0.25) is 0 Å². The van der Waals surface area contributed by atoms with E-state index < -0.39 is 0 Å². The summed E-state index contributed by atoms with van der Waals surface area (Å²) in [4.78, 5) is 28.6. The summed E-state index contributed by atoms with van der Waals surface area (Å²) in [6.45, 7) is 0.307. The number of carbonyl (C=O) groups excluding carboxylic acids is 2. The van der Waals surface area contributed by atoms with Gasteiger partial charge in [0.25, 0.3) is 11.8 Å². The van der Waals surface area contributed by atoms with Crippen molar-refractivity contribution in [1.29, 1.82) is 0 Å². The summed E-state index contributed by atoms with van der Waals surface area (Å²) in [7, 11) is 0. The highest BCUT2D eigenvalue weighted by Gasteiger charge is 2.12. The Kier molecular flexibility index (Phi) is 4.94. The number of para-hydroxylation sites is 2. The number of aromatic nitrogens is 1. The normalized spacial score (nSPS) is 10.6. The van der Waals surface area contributed by atoms with E-state index in [9.17, 15) is 9.59 Å². The largest absolute Gasteiger partial charge is 0.449 e. The molecule has 0 saturated heterocycles. The van der Waals surface area contributed by atoms with Gasteiger partial charge in [-0.1, -0.05) is 24.3 Å². The quantitative estimate of drug-likeness (QED) is 0.454. The number of amides is 2. The molecule has 0 atom stereocenters. The SMILES string of the molecule is Nc1ccccc1NC(=O)c1ccc(CNC(=O)c2cc3ccncc3o2)cc1. The molecule has 0 fully saturated rings. The second kappa shape index (κ2) is 7.85. The van der Waals surface area contributed by atoms with Crippen LogP contribution in [0, 0.1) is 0 Å². The van der Waals surface area contributed by atoms with E-state index in [1.807, 2.05) is 0 Å². The summed E-state index contributed by atoms with van der Waals surface area (Å²) < 4.78 is 5.50. The fraction of sp³-hybridized carbons (Fsp3) is 0.0455. The molecule has 29 heavy (non-hydrogen) atoms. The van der Waals surface area contributed by atoms with Crippen molar-refractivity contribution < 1.29 is 14.0 Å². The Labute approximate surface area is 166 Å². The smallest absolute Gasteiger partial charge is 0.287 e. The summed E-state index contributed by atoms with van der Waals surface area (Å²) in [6, 6.07) is 17.5. The number of rotatable bonds is 5. The Morgan fingerprint density at radius 2 is 1.79 bits per heavy atom. The number of nitrogens with zero attached hydrogens (tertiary/aromatic N) is 1. The van der Waals surface area contributed by atoms with Gasteiger partial charge in [-0.25, -0.2) is 0 Å². The molecular formula is C22H18N4O3. The highest BCUT2D eigenvalue weighted by molar-refractivity contribution is 6.05. The fourth-order valence-corrected chi connectivity index (χ4v) is 2.85. The maximum Gasteiger partial charge on any atom is 0.287 e. The second-order valence-corrected chi connectivity index (χ2v) is 6.45. The molecule has 0 spiro atoms. The van der Waals surface area contributed by atoms with Crippen LogP contribution >= 0.6 is 0 Å². The van der Waals surface area contributed by atoms with E-state index in [1.54, 1.807) is 73.1 Å². The number of nitrogen functional groups attached to an aromatic ring is 1. The van der Waals surface area contributed by atoms with Crippen LogP contribution < -0.4 is 16.4 Å². The Hall–Kier alpha value is -4.13. The molecule has 2 aromatic carbocycles. The molecular weight excluding hydrogens is 368 g/mol. The van der Waals surface area contributed by atoms with Gasteiger partial charge in [-0.3, -0.25) is 14.6 Å². The lowest BCUT2D eigenvalue weighted by Gasteiger charge is -2.09. The molecule has 0 unspecified atom stereocenters. The molecule has 0 aliphatic carbocycles. The van der Waals surface area contributed by atoms with Crippen LogP contribution in [0.5, 0.6) is 0 Å². The van der Waals surface area contributed by atoms with E-state index in [0.29, 0.717) is 29.1 Å². The first-order valence-corrected chi connectivity index (χ1v) is 8.97. The molecule has 0 aliphatic rings. The van der Waals surface area contributed by atoms with Gasteiger partial charge in [0, 0.05) is 23.7 Å². The van der Waals surface area contributed by atoms with E-state index in [4.69, 9.17) is 10.2 Å². The third kappa shape index (κ3) is 4.08. The molecule has 4 rings (SSSR count). The molecule has 2 aromatic heterocycles. The Morgan fingerprint density at radius 3 is 2.55 bits per heavy atom. The van der Waals surface area contributed by atoms with Gasteiger partial charge >= 0.3 is 0 Å². The summed E-state index contributed by atoms with van der Waals surface area (Å²) in [5, 5.41) is 6.40. The zero-order valence-electron chi connectivity index (χ0n) is 15.4. The van der Waals surface area contributed by atoms with Crippen LogP contribution in [0.3, 0.4) is 0 Å². The average molecular weight is 386 g/mol. The van der Waals surface area contributed by atoms with Crippen LogP contribution in [-0.2, 0) is 6.54 Å². The van der Waals surface area contributed by atoms with Crippen molar-refractivity contribution in [3.05, 3.63) is 89.9 Å². The third-order valence-corrected chi connectivity index (χ3v) is 4.42. The lowest BCUT2D eigenvalue weighted by atomic mass is 10.1. The van der Waals surface area contributed by atoms with Gasteiger partial charge in [0.1, 0.15) is 0 Å². The highest BCUT2D eigenvalue weighted by Crippen LogP contribution is 2.19. The van der Waals surface area contributed by atoms with Crippen LogP contribution in [0.2, 0.25) is 0 Å². The molecule has 2 amide bonds. The standard InChI is InChI=1S/C22H18N4O3/c23-17-3-1-2-4-18(17)26-21(27)15-7-5-14(6-8-15)12-25-22(28)19-11-16-9-10-24-13-20(16)29-19/h1-11,13H,12,23H2,(H,25,28)(H,26,27). The number of hydrogen-bond acceptors (Lipinski definition) is 5. The van der Waals surface area contributed by atoms with Crippen molar-refractivity contribution in [2.45, 2.75) is 6.54 Å². The molecule has 0 radical (unpaired) electrons. The van der Waals surface area contributed by atoms with Crippen molar-refractivity contribution in [2.24, 2.45) is 0 Å². The molecule has 0 aliphatic heterocycles. The van der Waals surface area contributed by atoms with E-state index in [-0.39, 0.29) is 17.6 Å². The summed E-state index contributed by atoms with van der Waals surface area (Å²) in [5.74, 6) is -0.346. The Balaban J connectivity index is 1.37. The maximum atomic E-state index is 12.4. The predicted octanol–water partition coefficient (Wildman–Crippen LogP) is 3.59. The fourth-order valence-electron chi connectivity index (χ4n) is 2.85. The average Bonchev–Trinajstić information content (AvgIpc) is 3.18. The van der Waals surface area contributed by atoms with Crippen molar-refractivity contribution >= 4 is 34.2 Å². The summed E-state index contributed by atoms with van der Waals surface area (Å²) >= 11 is 0. The number of pyridine rings is 1. The minimum atomic E-state index is -0.317. The maximum absolute atomic E-state index is 12.4. The topological polar surface area (TPSA) is 110 Å². The number of carbonyl (C=O) groups is 2. The molecule has 144 valence electrons. The number of furan rings is 1.